The number of fused-ring (bicyclic) bond motifs is 3. The number of pyridine rings is 1. The monoisotopic (exact) mass is 260 g/mol. The molecular weight excluding hydrogens is 252 g/mol. The van der Waals surface area contributed by atoms with E-state index in [1.165, 1.54) is 10.9 Å². The molecule has 0 bridgehead atoms. The van der Waals surface area contributed by atoms with Gasteiger partial charge >= 0.3 is 0 Å². The Kier molecular flexibility index (Phi) is 2.18. The van der Waals surface area contributed by atoms with E-state index in [4.69, 9.17) is 23.2 Å². The van der Waals surface area contributed by atoms with Crippen LogP contribution in [0.4, 0.5) is 0 Å². The number of carbonyl (C=O) groups is 1. The Morgan fingerprint density at radius 3 is 2.78 bits per heavy atom. The highest BCUT2D eigenvalue weighted by Gasteiger charge is 2.15. The van der Waals surface area contributed by atoms with E-state index >= 15 is 0 Å². The van der Waals surface area contributed by atoms with E-state index in [9.17, 15) is 4.79 Å². The molecule has 5 nitrogen and oxygen atoms in total. The molecule has 0 atom stereocenters. The second-order valence-electron chi connectivity index (χ2n) is 3.98. The maximum atomic E-state index is 11.4. The van der Waals surface area contributed by atoms with Crippen LogP contribution in [0.5, 0.6) is 0 Å². The van der Waals surface area contributed by atoms with Crippen molar-refractivity contribution in [3.63, 3.8) is 0 Å². The minimum absolute atomic E-state index is 0.294. The molecule has 6 heteroatoms. The van der Waals surface area contributed by atoms with Crippen LogP contribution in [0.1, 0.15) is 10.4 Å². The fourth-order valence-corrected chi connectivity index (χ4v) is 2.31. The third-order valence-electron chi connectivity index (χ3n) is 2.93. The van der Waals surface area contributed by atoms with E-state index in [0.717, 1.165) is 16.3 Å². The van der Waals surface area contributed by atoms with Crippen molar-refractivity contribution in [1.29, 1.82) is 0 Å². The number of rotatable bonds is 1. The van der Waals surface area contributed by atoms with Crippen LogP contribution in [0.25, 0.3) is 21.8 Å². The van der Waals surface area contributed by atoms with Crippen molar-refractivity contribution in [1.82, 2.24) is 9.66 Å². The normalized spacial score (nSPS) is 11.2. The Morgan fingerprint density at radius 2 is 2.06 bits per heavy atom. The molecule has 3 aromatic rings. The highest BCUT2D eigenvalue weighted by Crippen LogP contribution is 2.30. The average Bonchev–Trinajstić information content (AvgIpc) is 2.63. The first-order valence-corrected chi connectivity index (χ1v) is 5.60. The summed E-state index contributed by atoms with van der Waals surface area (Å²) in [5.74, 6) is 5.44. The number of nitrogens with two attached hydrogens (primary N) is 2. The van der Waals surface area contributed by atoms with Gasteiger partial charge in [-0.05, 0) is 12.1 Å². The van der Waals surface area contributed by atoms with Crippen LogP contribution < -0.4 is 11.6 Å². The molecule has 0 aliphatic carbocycles. The van der Waals surface area contributed by atoms with Crippen molar-refractivity contribution in [2.45, 2.75) is 0 Å². The van der Waals surface area contributed by atoms with E-state index in [1.54, 1.807) is 18.3 Å². The number of hydrogen-bond donors (Lipinski definition) is 2. The quantitative estimate of drug-likeness (QED) is 0.652. The van der Waals surface area contributed by atoms with Gasteiger partial charge in [0.05, 0.1) is 16.6 Å². The van der Waals surface area contributed by atoms with Crippen molar-refractivity contribution in [2.75, 3.05) is 5.84 Å². The minimum Gasteiger partial charge on any atom is -0.365 e. The van der Waals surface area contributed by atoms with Crippen molar-refractivity contribution < 1.29 is 4.79 Å². The van der Waals surface area contributed by atoms with Gasteiger partial charge < -0.3 is 11.6 Å². The molecule has 0 saturated heterocycles. The zero-order chi connectivity index (χ0) is 12.9. The summed E-state index contributed by atoms with van der Waals surface area (Å²) in [6.07, 6.45) is 3.07. The van der Waals surface area contributed by atoms with Gasteiger partial charge in [0.1, 0.15) is 0 Å². The lowest BCUT2D eigenvalue weighted by Crippen LogP contribution is -2.16. The van der Waals surface area contributed by atoms with Gasteiger partial charge in [0.15, 0.2) is 0 Å². The fraction of sp³-hybridized carbons (Fsp3) is 0. The standard InChI is InChI=1S/C12H9ClN4O/c13-6-1-2-7-8-4-16-5-9(12(14)18)11(8)17(15)10(7)3-6/h1-5H,15H2,(H2,14,18). The number of primary amides is 1. The summed E-state index contributed by atoms with van der Waals surface area (Å²) in [4.78, 5) is 15.4. The van der Waals surface area contributed by atoms with Gasteiger partial charge in [0.25, 0.3) is 5.91 Å². The van der Waals surface area contributed by atoms with Crippen LogP contribution in [-0.4, -0.2) is 15.6 Å². The first-order valence-electron chi connectivity index (χ1n) is 5.22. The predicted octanol–water partition coefficient (Wildman–Crippen LogP) is 1.66. The summed E-state index contributed by atoms with van der Waals surface area (Å²) in [6, 6.07) is 5.34. The van der Waals surface area contributed by atoms with Crippen LogP contribution >= 0.6 is 11.6 Å². The molecule has 18 heavy (non-hydrogen) atoms. The van der Waals surface area contributed by atoms with E-state index < -0.39 is 5.91 Å². The summed E-state index contributed by atoms with van der Waals surface area (Å²) in [5.41, 5.74) is 6.91. The van der Waals surface area contributed by atoms with Gasteiger partial charge in [0.2, 0.25) is 0 Å². The molecular formula is C12H9ClN4O. The maximum absolute atomic E-state index is 11.4. The Morgan fingerprint density at radius 1 is 1.28 bits per heavy atom. The number of amides is 1. The molecule has 0 aliphatic heterocycles. The van der Waals surface area contributed by atoms with Gasteiger partial charge in [-0.25, -0.2) is 0 Å². The summed E-state index contributed by atoms with van der Waals surface area (Å²) in [5, 5.41) is 2.23. The molecule has 0 spiro atoms. The molecule has 0 fully saturated rings. The topological polar surface area (TPSA) is 86.9 Å². The van der Waals surface area contributed by atoms with Crippen LogP contribution in [0.3, 0.4) is 0 Å². The van der Waals surface area contributed by atoms with Crippen LogP contribution in [0.15, 0.2) is 30.6 Å². The lowest BCUT2D eigenvalue weighted by atomic mass is 10.1. The Balaban J connectivity index is 2.59. The Labute approximate surface area is 107 Å². The van der Waals surface area contributed by atoms with E-state index in [2.05, 4.69) is 4.98 Å². The first kappa shape index (κ1) is 10.9. The van der Waals surface area contributed by atoms with E-state index in [-0.39, 0.29) is 0 Å². The van der Waals surface area contributed by atoms with Crippen LogP contribution in [0, 0.1) is 0 Å². The number of nitrogen functional groups attached to an aromatic ring is 1. The maximum Gasteiger partial charge on any atom is 0.252 e. The van der Waals surface area contributed by atoms with Gasteiger partial charge in [-0.1, -0.05) is 17.7 Å². The molecule has 90 valence electrons. The van der Waals surface area contributed by atoms with Crippen LogP contribution in [-0.2, 0) is 0 Å². The lowest BCUT2D eigenvalue weighted by Gasteiger charge is -2.01. The molecule has 3 rings (SSSR count). The number of carbonyl (C=O) groups excluding carboxylic acids is 1. The second kappa shape index (κ2) is 3.61. The third kappa shape index (κ3) is 1.34. The number of aromatic nitrogens is 2. The SMILES string of the molecule is NC(=O)c1cncc2c3ccc(Cl)cc3n(N)c12. The number of benzene rings is 1. The minimum atomic E-state index is -0.561. The van der Waals surface area contributed by atoms with Crippen molar-refractivity contribution in [3.05, 3.63) is 41.2 Å². The number of halogens is 1. The van der Waals surface area contributed by atoms with Gasteiger partial charge in [-0.15, -0.1) is 0 Å². The second-order valence-corrected chi connectivity index (χ2v) is 4.42. The predicted molar refractivity (Wildman–Crippen MR) is 70.9 cm³/mol. The summed E-state index contributed by atoms with van der Waals surface area (Å²) in [6.45, 7) is 0. The van der Waals surface area contributed by atoms with E-state index in [1.807, 2.05) is 6.07 Å². The fourth-order valence-electron chi connectivity index (χ4n) is 2.14. The Bertz CT molecular complexity index is 793. The molecule has 4 N–H and O–H groups in total. The van der Waals surface area contributed by atoms with Crippen LogP contribution in [0.2, 0.25) is 5.02 Å². The molecule has 0 unspecified atom stereocenters. The highest BCUT2D eigenvalue weighted by atomic mass is 35.5. The summed E-state index contributed by atoms with van der Waals surface area (Å²) < 4.78 is 1.42. The zero-order valence-corrected chi connectivity index (χ0v) is 9.98. The smallest absolute Gasteiger partial charge is 0.252 e. The lowest BCUT2D eigenvalue weighted by molar-refractivity contribution is 0.100. The highest BCUT2D eigenvalue weighted by molar-refractivity contribution is 6.31. The molecule has 2 heterocycles. The van der Waals surface area contributed by atoms with Crippen molar-refractivity contribution >= 4 is 39.3 Å². The molecule has 0 aliphatic rings. The zero-order valence-electron chi connectivity index (χ0n) is 9.22. The summed E-state index contributed by atoms with van der Waals surface area (Å²) >= 11 is 5.94. The van der Waals surface area contributed by atoms with Gasteiger partial charge in [-0.3, -0.25) is 14.5 Å². The largest absolute Gasteiger partial charge is 0.365 e. The van der Waals surface area contributed by atoms with Gasteiger partial charge in [0, 0.05) is 28.2 Å². The molecule has 0 radical (unpaired) electrons. The number of hydrogen-bond acceptors (Lipinski definition) is 3. The van der Waals surface area contributed by atoms with Crippen molar-refractivity contribution in [2.24, 2.45) is 5.73 Å². The number of nitrogens with zero attached hydrogens (tertiary/aromatic N) is 2. The molecule has 1 aromatic carbocycles. The molecule has 0 saturated carbocycles. The third-order valence-corrected chi connectivity index (χ3v) is 3.17. The van der Waals surface area contributed by atoms with Gasteiger partial charge in [-0.2, -0.15) is 0 Å². The summed E-state index contributed by atoms with van der Waals surface area (Å²) in [7, 11) is 0. The van der Waals surface area contributed by atoms with E-state index in [0.29, 0.717) is 16.1 Å². The molecule has 2 aromatic heterocycles. The van der Waals surface area contributed by atoms with Crippen molar-refractivity contribution in [3.8, 4) is 0 Å². The first-order chi connectivity index (χ1) is 8.59. The average molecular weight is 261 g/mol. The Hall–Kier alpha value is -2.27. The molecule has 1 amide bonds.